The lowest BCUT2D eigenvalue weighted by Crippen LogP contribution is -2.47. The maximum absolute atomic E-state index is 12.6. The normalized spacial score (nSPS) is 18.0. The van der Waals surface area contributed by atoms with Crippen LogP contribution in [0.3, 0.4) is 0 Å². The number of nitrogens with zero attached hydrogens (tertiary/aromatic N) is 2. The van der Waals surface area contributed by atoms with Gasteiger partial charge in [-0.1, -0.05) is 56.3 Å². The molecule has 2 aromatic carbocycles. The average molecular weight is 516 g/mol. The quantitative estimate of drug-likeness (QED) is 0.519. The molecule has 0 aliphatic carbocycles. The fraction of sp³-hybridized carbons (Fsp3) is 0.500. The van der Waals surface area contributed by atoms with Crippen LogP contribution in [0.2, 0.25) is 0 Å². The third-order valence-electron chi connectivity index (χ3n) is 7.12. The third kappa shape index (κ3) is 6.92. The standard InChI is InChI=1S/C28H37N3O4.ClH/c1-21(2)26(32)29-25(23-7-5-4-6-8-23)13-16-30-17-14-28(15-18-30)20-31(27(33)35-28)19-22-9-11-24(34-3)12-10-22;/h4-12,21,25H,13-20H2,1-3H3,(H,29,32);1H/t25-;/m0./s1. The van der Waals surface area contributed by atoms with Gasteiger partial charge in [0.25, 0.3) is 0 Å². The summed E-state index contributed by atoms with van der Waals surface area (Å²) in [6.45, 7) is 7.65. The highest BCUT2D eigenvalue weighted by atomic mass is 35.5. The highest BCUT2D eigenvalue weighted by Gasteiger charge is 2.46. The molecule has 0 saturated carbocycles. The molecule has 0 radical (unpaired) electrons. The predicted molar refractivity (Wildman–Crippen MR) is 142 cm³/mol. The van der Waals surface area contributed by atoms with Crippen molar-refractivity contribution in [1.82, 2.24) is 15.1 Å². The van der Waals surface area contributed by atoms with Gasteiger partial charge >= 0.3 is 6.09 Å². The molecule has 196 valence electrons. The van der Waals surface area contributed by atoms with E-state index < -0.39 is 5.60 Å². The number of hydrogen-bond donors (Lipinski definition) is 1. The highest BCUT2D eigenvalue weighted by Crippen LogP contribution is 2.34. The molecule has 8 heteroatoms. The Balaban J connectivity index is 0.00000361. The van der Waals surface area contributed by atoms with E-state index >= 15 is 0 Å². The van der Waals surface area contributed by atoms with Crippen molar-refractivity contribution in [3.05, 3.63) is 65.7 Å². The van der Waals surface area contributed by atoms with E-state index in [2.05, 4.69) is 22.3 Å². The number of hydrogen-bond acceptors (Lipinski definition) is 5. The summed E-state index contributed by atoms with van der Waals surface area (Å²) in [6.07, 6.45) is 2.27. The Hall–Kier alpha value is -2.77. The molecule has 4 rings (SSSR count). The molecule has 1 atom stereocenters. The number of benzene rings is 2. The minimum absolute atomic E-state index is 0. The lowest BCUT2D eigenvalue weighted by Gasteiger charge is -2.38. The molecule has 2 fully saturated rings. The number of piperidine rings is 1. The molecule has 1 N–H and O–H groups in total. The first-order valence-corrected chi connectivity index (χ1v) is 12.6. The number of halogens is 1. The Kier molecular flexibility index (Phi) is 9.63. The van der Waals surface area contributed by atoms with Crippen LogP contribution >= 0.6 is 12.4 Å². The smallest absolute Gasteiger partial charge is 0.410 e. The van der Waals surface area contributed by atoms with E-state index in [-0.39, 0.29) is 36.4 Å². The van der Waals surface area contributed by atoms with Gasteiger partial charge in [0.2, 0.25) is 5.91 Å². The molecule has 36 heavy (non-hydrogen) atoms. The first kappa shape index (κ1) is 27.8. The zero-order valence-corrected chi connectivity index (χ0v) is 22.3. The van der Waals surface area contributed by atoms with Gasteiger partial charge in [0.15, 0.2) is 0 Å². The largest absolute Gasteiger partial charge is 0.497 e. The van der Waals surface area contributed by atoms with Gasteiger partial charge in [0.05, 0.1) is 19.7 Å². The van der Waals surface area contributed by atoms with Crippen molar-refractivity contribution >= 4 is 24.4 Å². The molecule has 2 aliphatic rings. The van der Waals surface area contributed by atoms with Gasteiger partial charge in [-0.25, -0.2) is 4.79 Å². The second-order valence-corrected chi connectivity index (χ2v) is 10.0. The molecule has 2 amide bonds. The molecule has 2 heterocycles. The van der Waals surface area contributed by atoms with E-state index in [9.17, 15) is 9.59 Å². The summed E-state index contributed by atoms with van der Waals surface area (Å²) in [4.78, 5) is 29.2. The number of carbonyl (C=O) groups excluding carboxylic acids is 2. The predicted octanol–water partition coefficient (Wildman–Crippen LogP) is 4.81. The minimum Gasteiger partial charge on any atom is -0.497 e. The van der Waals surface area contributed by atoms with Crippen molar-refractivity contribution in [2.75, 3.05) is 33.3 Å². The molecule has 2 saturated heterocycles. The summed E-state index contributed by atoms with van der Waals surface area (Å²) in [5, 5.41) is 3.21. The topological polar surface area (TPSA) is 71.1 Å². The van der Waals surface area contributed by atoms with E-state index in [1.807, 2.05) is 61.2 Å². The second-order valence-electron chi connectivity index (χ2n) is 10.0. The van der Waals surface area contributed by atoms with Crippen LogP contribution in [0.15, 0.2) is 54.6 Å². The first-order valence-electron chi connectivity index (χ1n) is 12.6. The fourth-order valence-corrected chi connectivity index (χ4v) is 4.87. The minimum atomic E-state index is -0.398. The third-order valence-corrected chi connectivity index (χ3v) is 7.12. The number of likely N-dealkylation sites (tertiary alicyclic amines) is 1. The Labute approximate surface area is 220 Å². The van der Waals surface area contributed by atoms with Crippen LogP contribution in [0.5, 0.6) is 5.75 Å². The van der Waals surface area contributed by atoms with E-state index in [1.54, 1.807) is 7.11 Å². The molecule has 2 aromatic rings. The zero-order chi connectivity index (χ0) is 24.8. The molecule has 7 nitrogen and oxygen atoms in total. The van der Waals surface area contributed by atoms with Crippen LogP contribution in [0.1, 0.15) is 50.3 Å². The molecule has 0 aromatic heterocycles. The van der Waals surface area contributed by atoms with Gasteiger partial charge in [-0.05, 0) is 29.7 Å². The molecular weight excluding hydrogens is 478 g/mol. The van der Waals surface area contributed by atoms with Crippen molar-refractivity contribution in [2.24, 2.45) is 5.92 Å². The highest BCUT2D eigenvalue weighted by molar-refractivity contribution is 5.85. The lowest BCUT2D eigenvalue weighted by molar-refractivity contribution is -0.124. The summed E-state index contributed by atoms with van der Waals surface area (Å²) >= 11 is 0. The summed E-state index contributed by atoms with van der Waals surface area (Å²) in [5.41, 5.74) is 1.80. The number of rotatable bonds is 9. The molecular formula is C28H38ClN3O4. The SMILES string of the molecule is COc1ccc(CN2CC3(CCN(CC[C@H](NC(=O)C(C)C)c4ccccc4)CC3)OC2=O)cc1.Cl. The van der Waals surface area contributed by atoms with E-state index in [0.717, 1.165) is 55.8 Å². The zero-order valence-electron chi connectivity index (χ0n) is 21.4. The van der Waals surface area contributed by atoms with Crippen molar-refractivity contribution in [2.45, 2.75) is 51.3 Å². The van der Waals surface area contributed by atoms with E-state index in [4.69, 9.17) is 9.47 Å². The Morgan fingerprint density at radius 1 is 1.08 bits per heavy atom. The van der Waals surface area contributed by atoms with Gasteiger partial charge in [-0.2, -0.15) is 0 Å². The number of carbonyl (C=O) groups is 2. The van der Waals surface area contributed by atoms with Gasteiger partial charge in [-0.15, -0.1) is 12.4 Å². The maximum atomic E-state index is 12.6. The van der Waals surface area contributed by atoms with Crippen molar-refractivity contribution < 1.29 is 19.1 Å². The number of nitrogens with one attached hydrogen (secondary N) is 1. The van der Waals surface area contributed by atoms with Crippen molar-refractivity contribution in [1.29, 1.82) is 0 Å². The summed E-state index contributed by atoms with van der Waals surface area (Å²) in [5.74, 6) is 0.833. The van der Waals surface area contributed by atoms with Crippen LogP contribution in [0.4, 0.5) is 4.79 Å². The Morgan fingerprint density at radius 3 is 2.36 bits per heavy atom. The number of methoxy groups -OCH3 is 1. The summed E-state index contributed by atoms with van der Waals surface area (Å²) in [7, 11) is 1.65. The lowest BCUT2D eigenvalue weighted by atomic mass is 9.91. The van der Waals surface area contributed by atoms with Crippen LogP contribution in [-0.4, -0.2) is 60.7 Å². The molecule has 1 spiro atoms. The Morgan fingerprint density at radius 2 is 1.75 bits per heavy atom. The second kappa shape index (κ2) is 12.5. The van der Waals surface area contributed by atoms with E-state index in [0.29, 0.717) is 13.1 Å². The first-order chi connectivity index (χ1) is 16.9. The van der Waals surface area contributed by atoms with Gasteiger partial charge < -0.3 is 19.7 Å². The van der Waals surface area contributed by atoms with Gasteiger partial charge in [-0.3, -0.25) is 9.69 Å². The van der Waals surface area contributed by atoms with Crippen molar-refractivity contribution in [3.63, 3.8) is 0 Å². The molecule has 0 bridgehead atoms. The summed E-state index contributed by atoms with van der Waals surface area (Å²) < 4.78 is 11.1. The summed E-state index contributed by atoms with van der Waals surface area (Å²) in [6, 6.07) is 18.0. The van der Waals surface area contributed by atoms with Crippen molar-refractivity contribution in [3.8, 4) is 5.75 Å². The van der Waals surface area contributed by atoms with E-state index in [1.165, 1.54) is 0 Å². The number of ether oxygens (including phenoxy) is 2. The Bertz CT molecular complexity index is 992. The monoisotopic (exact) mass is 515 g/mol. The van der Waals surface area contributed by atoms with Gasteiger partial charge in [0.1, 0.15) is 11.4 Å². The average Bonchev–Trinajstić information content (AvgIpc) is 3.17. The van der Waals surface area contributed by atoms with Crippen LogP contribution in [0.25, 0.3) is 0 Å². The van der Waals surface area contributed by atoms with Crippen LogP contribution in [-0.2, 0) is 16.1 Å². The molecule has 0 unspecified atom stereocenters. The maximum Gasteiger partial charge on any atom is 0.410 e. The fourth-order valence-electron chi connectivity index (χ4n) is 4.87. The molecule has 2 aliphatic heterocycles. The van der Waals surface area contributed by atoms with Crippen LogP contribution in [0, 0.1) is 5.92 Å². The van der Waals surface area contributed by atoms with Gasteiger partial charge in [0, 0.05) is 44.9 Å². The number of amides is 2. The van der Waals surface area contributed by atoms with Crippen LogP contribution < -0.4 is 10.1 Å².